The van der Waals surface area contributed by atoms with Crippen molar-refractivity contribution in [3.8, 4) is 0 Å². The van der Waals surface area contributed by atoms with Crippen LogP contribution in [0.2, 0.25) is 0 Å². The van der Waals surface area contributed by atoms with Crippen molar-refractivity contribution in [2.75, 3.05) is 14.1 Å². The molecule has 4 rings (SSSR count). The minimum atomic E-state index is -0.207. The summed E-state index contributed by atoms with van der Waals surface area (Å²) in [4.78, 5) is 0. The van der Waals surface area contributed by atoms with Gasteiger partial charge in [-0.1, -0.05) is 12.1 Å². The second-order valence-corrected chi connectivity index (χ2v) is 9.64. The number of quaternary nitrogens is 1. The van der Waals surface area contributed by atoms with Gasteiger partial charge in [0.15, 0.2) is 0 Å². The molecule has 2 saturated heterocycles. The van der Waals surface area contributed by atoms with Crippen molar-refractivity contribution >= 4 is 0 Å². The van der Waals surface area contributed by atoms with E-state index in [2.05, 4.69) is 14.1 Å². The van der Waals surface area contributed by atoms with Gasteiger partial charge in [0.25, 0.3) is 0 Å². The number of nitrogens with zero attached hydrogens (tertiary/aromatic N) is 1. The van der Waals surface area contributed by atoms with Crippen molar-refractivity contribution < 1.29 is 37.2 Å². The van der Waals surface area contributed by atoms with Gasteiger partial charge in [-0.05, 0) is 72.7 Å². The molecule has 2 aromatic carbocycles. The van der Waals surface area contributed by atoms with Crippen LogP contribution in [-0.2, 0) is 0 Å². The fraction of sp³-hybridized carbons (Fsp3) is 0.520. The number of hydrogen-bond acceptors (Lipinski definition) is 0. The Balaban J connectivity index is 0.00000240. The van der Waals surface area contributed by atoms with Gasteiger partial charge in [-0.25, -0.2) is 8.78 Å². The van der Waals surface area contributed by atoms with Crippen molar-refractivity contribution in [3.63, 3.8) is 0 Å². The Labute approximate surface area is 191 Å². The zero-order valence-electron chi connectivity index (χ0n) is 17.9. The van der Waals surface area contributed by atoms with Crippen molar-refractivity contribution in [1.82, 2.24) is 0 Å². The van der Waals surface area contributed by atoms with Gasteiger partial charge >= 0.3 is 0 Å². The molecule has 1 unspecified atom stereocenters. The maximum atomic E-state index is 14.1. The van der Waals surface area contributed by atoms with Crippen LogP contribution in [0.5, 0.6) is 0 Å². The van der Waals surface area contributed by atoms with E-state index < -0.39 is 0 Å². The van der Waals surface area contributed by atoms with Crippen molar-refractivity contribution in [1.29, 1.82) is 0 Å². The number of piperidine rings is 1. The number of aryl methyl sites for hydroxylation is 2. The highest BCUT2D eigenvalue weighted by Gasteiger charge is 2.49. The summed E-state index contributed by atoms with van der Waals surface area (Å²) >= 11 is 0. The van der Waals surface area contributed by atoms with E-state index in [9.17, 15) is 8.78 Å². The third-order valence-electron chi connectivity index (χ3n) is 7.73. The second-order valence-electron chi connectivity index (χ2n) is 9.64. The Bertz CT molecular complexity index is 812. The van der Waals surface area contributed by atoms with E-state index >= 15 is 0 Å². The minimum Gasteiger partial charge on any atom is -1.00 e. The standard InChI is InChI=1S/C25H32F2N.HI/c1-16-5-7-19(26)14-23(16)25(24-15-20(27)8-6-17(24)2)13-18-11-21-9-10-22(12-18)28(21,3)4;/h5-8,14-15,18,21-22,25H,9-13H2,1-4H3;1H/q+1;/p-1/t18?,21-,22+;. The summed E-state index contributed by atoms with van der Waals surface area (Å²) < 4.78 is 29.4. The van der Waals surface area contributed by atoms with Crippen molar-refractivity contribution in [3.05, 3.63) is 70.3 Å². The third kappa shape index (κ3) is 4.39. The molecule has 1 nitrogen and oxygen atoms in total. The summed E-state index contributed by atoms with van der Waals surface area (Å²) in [5.74, 6) is 0.242. The smallest absolute Gasteiger partial charge is 0.123 e. The average molecular weight is 511 g/mol. The molecule has 4 heteroatoms. The molecule has 0 aromatic heterocycles. The first-order valence-corrected chi connectivity index (χ1v) is 10.6. The molecule has 29 heavy (non-hydrogen) atoms. The van der Waals surface area contributed by atoms with E-state index in [4.69, 9.17) is 0 Å². The van der Waals surface area contributed by atoms with Gasteiger partial charge in [0, 0.05) is 31.6 Å². The Morgan fingerprint density at radius 3 is 1.76 bits per heavy atom. The summed E-state index contributed by atoms with van der Waals surface area (Å²) in [6, 6.07) is 11.6. The van der Waals surface area contributed by atoms with Crippen LogP contribution in [0, 0.1) is 31.4 Å². The molecule has 0 spiro atoms. The Kier molecular flexibility index (Phi) is 6.74. The summed E-state index contributed by atoms with van der Waals surface area (Å²) in [7, 11) is 4.76. The fourth-order valence-electron chi connectivity index (χ4n) is 5.91. The molecule has 0 radical (unpaired) electrons. The summed E-state index contributed by atoms with van der Waals surface area (Å²) in [5, 5.41) is 0. The Hall–Kier alpha value is -1.01. The van der Waals surface area contributed by atoms with Gasteiger partial charge in [-0.3, -0.25) is 0 Å². The molecule has 2 aliphatic rings. The van der Waals surface area contributed by atoms with Crippen LogP contribution < -0.4 is 24.0 Å². The average Bonchev–Trinajstić information content (AvgIpc) is 2.82. The molecule has 0 N–H and O–H groups in total. The van der Waals surface area contributed by atoms with Gasteiger partial charge < -0.3 is 28.5 Å². The molecule has 2 fully saturated rings. The molecule has 0 amide bonds. The van der Waals surface area contributed by atoms with Crippen molar-refractivity contribution in [2.45, 2.75) is 64.0 Å². The van der Waals surface area contributed by atoms with Gasteiger partial charge in [0.05, 0.1) is 26.2 Å². The zero-order valence-corrected chi connectivity index (χ0v) is 20.0. The van der Waals surface area contributed by atoms with E-state index in [1.54, 1.807) is 12.1 Å². The fourth-order valence-corrected chi connectivity index (χ4v) is 5.91. The largest absolute Gasteiger partial charge is 1.00 e. The Morgan fingerprint density at radius 2 is 1.31 bits per heavy atom. The van der Waals surface area contributed by atoms with E-state index in [0.717, 1.165) is 45.2 Å². The van der Waals surface area contributed by atoms with E-state index in [-0.39, 0.29) is 41.5 Å². The summed E-state index contributed by atoms with van der Waals surface area (Å²) in [5.41, 5.74) is 4.20. The number of halogens is 3. The highest BCUT2D eigenvalue weighted by atomic mass is 127. The number of hydrogen-bond donors (Lipinski definition) is 0. The van der Waals surface area contributed by atoms with Gasteiger partial charge in [0.2, 0.25) is 0 Å². The minimum absolute atomic E-state index is 0. The quantitative estimate of drug-likeness (QED) is 0.438. The number of rotatable bonds is 4. The molecule has 2 bridgehead atoms. The third-order valence-corrected chi connectivity index (χ3v) is 7.73. The molecule has 158 valence electrons. The van der Waals surface area contributed by atoms with E-state index in [1.165, 1.54) is 37.8 Å². The molecular weight excluding hydrogens is 479 g/mol. The molecule has 2 aromatic rings. The molecular formula is C25H32F2IN. The van der Waals surface area contributed by atoms with Crippen LogP contribution in [0.1, 0.15) is 60.3 Å². The highest BCUT2D eigenvalue weighted by Crippen LogP contribution is 2.46. The van der Waals surface area contributed by atoms with Crippen LogP contribution >= 0.6 is 0 Å². The highest BCUT2D eigenvalue weighted by molar-refractivity contribution is 5.41. The molecule has 0 saturated carbocycles. The maximum absolute atomic E-state index is 14.1. The van der Waals surface area contributed by atoms with Crippen LogP contribution in [0.4, 0.5) is 8.78 Å². The first kappa shape index (κ1) is 22.7. The molecule has 2 heterocycles. The Morgan fingerprint density at radius 1 is 0.862 bits per heavy atom. The lowest BCUT2D eigenvalue weighted by Gasteiger charge is -2.45. The lowest BCUT2D eigenvalue weighted by Crippen LogP contribution is -3.00. The number of fused-ring (bicyclic) bond motifs is 2. The van der Waals surface area contributed by atoms with E-state index in [0.29, 0.717) is 5.92 Å². The number of benzene rings is 2. The lowest BCUT2D eigenvalue weighted by molar-refractivity contribution is -0.931. The van der Waals surface area contributed by atoms with Crippen LogP contribution in [0.15, 0.2) is 36.4 Å². The first-order chi connectivity index (χ1) is 13.3. The van der Waals surface area contributed by atoms with Crippen LogP contribution in [0.3, 0.4) is 0 Å². The summed E-state index contributed by atoms with van der Waals surface area (Å²) in [6.07, 6.45) is 6.06. The maximum Gasteiger partial charge on any atom is 0.123 e. The predicted octanol–water partition coefficient (Wildman–Crippen LogP) is 3.13. The molecule has 0 aliphatic carbocycles. The van der Waals surface area contributed by atoms with E-state index in [1.807, 2.05) is 26.0 Å². The monoisotopic (exact) mass is 511 g/mol. The van der Waals surface area contributed by atoms with Crippen molar-refractivity contribution in [2.24, 2.45) is 5.92 Å². The molecule has 2 aliphatic heterocycles. The zero-order chi connectivity index (χ0) is 20.1. The second kappa shape index (κ2) is 8.62. The first-order valence-electron chi connectivity index (χ1n) is 10.6. The summed E-state index contributed by atoms with van der Waals surface area (Å²) in [6.45, 7) is 4.09. The topological polar surface area (TPSA) is 0 Å². The molecule has 3 atom stereocenters. The lowest BCUT2D eigenvalue weighted by atomic mass is 9.76. The SMILES string of the molecule is Cc1ccc(F)cc1C(CC1C[C@H]2CC[C@@H](C1)[N+]2(C)C)c1cc(F)ccc1C.[I-]. The van der Waals surface area contributed by atoms with Gasteiger partial charge in [-0.2, -0.15) is 0 Å². The normalized spacial score (nSPS) is 25.1. The van der Waals surface area contributed by atoms with Crippen LogP contribution in [0.25, 0.3) is 0 Å². The van der Waals surface area contributed by atoms with Gasteiger partial charge in [-0.15, -0.1) is 0 Å². The van der Waals surface area contributed by atoms with Crippen LogP contribution in [-0.4, -0.2) is 30.7 Å². The van der Waals surface area contributed by atoms with Gasteiger partial charge in [0.1, 0.15) is 11.6 Å². The predicted molar refractivity (Wildman–Crippen MR) is 110 cm³/mol.